The van der Waals surface area contributed by atoms with E-state index in [1.54, 1.807) is 28.8 Å². The van der Waals surface area contributed by atoms with Crippen molar-refractivity contribution in [1.29, 1.82) is 0 Å². The summed E-state index contributed by atoms with van der Waals surface area (Å²) in [5.74, 6) is -2.05. The topological polar surface area (TPSA) is 87.2 Å². The van der Waals surface area contributed by atoms with Gasteiger partial charge < -0.3 is 19.6 Å². The van der Waals surface area contributed by atoms with Crippen LogP contribution >= 0.6 is 11.8 Å². The summed E-state index contributed by atoms with van der Waals surface area (Å²) in [5.41, 5.74) is 0.761. The number of carbonyl (C=O) groups excluding carboxylic acids is 3. The molecule has 7 nitrogen and oxygen atoms in total. The minimum absolute atomic E-state index is 0.0276. The first-order chi connectivity index (χ1) is 18.8. The largest absolute Gasteiger partial charge is 0.465 e. The molecule has 0 aliphatic carbocycles. The number of amides is 2. The van der Waals surface area contributed by atoms with E-state index in [2.05, 4.69) is 27.0 Å². The molecule has 1 spiro atoms. The van der Waals surface area contributed by atoms with Crippen molar-refractivity contribution in [3.63, 3.8) is 0 Å². The fourth-order valence-corrected chi connectivity index (χ4v) is 9.46. The molecule has 4 unspecified atom stereocenters. The van der Waals surface area contributed by atoms with Crippen molar-refractivity contribution in [3.05, 3.63) is 61.2 Å². The summed E-state index contributed by atoms with van der Waals surface area (Å²) in [6.45, 7) is 14.1. The highest BCUT2D eigenvalue weighted by Crippen LogP contribution is 2.69. The Morgan fingerprint density at radius 1 is 1.28 bits per heavy atom. The summed E-state index contributed by atoms with van der Waals surface area (Å²) in [4.78, 5) is 46.1. The van der Waals surface area contributed by atoms with Gasteiger partial charge in [0.2, 0.25) is 11.8 Å². The summed E-state index contributed by atoms with van der Waals surface area (Å²) in [6, 6.07) is 7.79. The molecule has 3 heterocycles. The maximum atomic E-state index is 14.7. The fourth-order valence-electron chi connectivity index (χ4n) is 7.07. The van der Waals surface area contributed by atoms with Gasteiger partial charge >= 0.3 is 5.97 Å². The van der Waals surface area contributed by atoms with Crippen LogP contribution in [0.3, 0.4) is 0 Å². The highest BCUT2D eigenvalue weighted by Gasteiger charge is 2.77. The zero-order chi connectivity index (χ0) is 28.3. The predicted molar refractivity (Wildman–Crippen MR) is 154 cm³/mol. The van der Waals surface area contributed by atoms with Gasteiger partial charge in [0.05, 0.1) is 35.8 Å². The number of aliphatic hydroxyl groups excluding tert-OH is 1. The van der Waals surface area contributed by atoms with Gasteiger partial charge in [-0.2, -0.15) is 0 Å². The number of carbonyl (C=O) groups is 3. The summed E-state index contributed by atoms with van der Waals surface area (Å²) < 4.78 is 4.83. The molecule has 1 aromatic carbocycles. The third-order valence-electron chi connectivity index (χ3n) is 8.80. The third-order valence-corrected chi connectivity index (χ3v) is 10.9. The molecule has 2 bridgehead atoms. The Labute approximate surface area is 236 Å². The number of rotatable bonds is 13. The molecule has 3 fully saturated rings. The summed E-state index contributed by atoms with van der Waals surface area (Å²) in [5, 5.41) is 10.6. The lowest BCUT2D eigenvalue weighted by Gasteiger charge is -2.43. The third kappa shape index (κ3) is 4.95. The van der Waals surface area contributed by atoms with Crippen LogP contribution < -0.4 is 0 Å². The van der Waals surface area contributed by atoms with E-state index in [0.29, 0.717) is 13.0 Å². The molecule has 2 amide bonds. The van der Waals surface area contributed by atoms with Crippen LogP contribution in [0.4, 0.5) is 0 Å². The van der Waals surface area contributed by atoms with Gasteiger partial charge in [0.1, 0.15) is 6.04 Å². The maximum absolute atomic E-state index is 14.7. The van der Waals surface area contributed by atoms with E-state index in [1.807, 2.05) is 42.2 Å². The smallest absolute Gasteiger partial charge is 0.310 e. The number of ether oxygens (including phenoxy) is 1. The highest BCUT2D eigenvalue weighted by molar-refractivity contribution is 8.02. The molecule has 1 N–H and O–H groups in total. The van der Waals surface area contributed by atoms with Crippen LogP contribution in [-0.4, -0.2) is 74.5 Å². The second-order valence-corrected chi connectivity index (χ2v) is 12.6. The maximum Gasteiger partial charge on any atom is 0.310 e. The van der Waals surface area contributed by atoms with Gasteiger partial charge in [-0.1, -0.05) is 62.8 Å². The van der Waals surface area contributed by atoms with Crippen LogP contribution in [0.5, 0.6) is 0 Å². The zero-order valence-corrected chi connectivity index (χ0v) is 24.1. The predicted octanol–water partition coefficient (Wildman–Crippen LogP) is 4.38. The van der Waals surface area contributed by atoms with Crippen LogP contribution in [-0.2, 0) is 19.1 Å². The fraction of sp³-hybridized carbons (Fsp3) is 0.581. The van der Waals surface area contributed by atoms with Crippen molar-refractivity contribution in [2.45, 2.75) is 74.6 Å². The Bertz CT molecular complexity index is 1080. The Morgan fingerprint density at radius 2 is 2.00 bits per heavy atom. The number of aliphatic hydroxyl groups is 1. The Hall–Kier alpha value is -2.58. The molecule has 0 saturated carbocycles. The van der Waals surface area contributed by atoms with E-state index in [9.17, 15) is 19.5 Å². The number of hydrogen-bond acceptors (Lipinski definition) is 6. The quantitative estimate of drug-likeness (QED) is 0.221. The summed E-state index contributed by atoms with van der Waals surface area (Å²) in [7, 11) is 0. The lowest BCUT2D eigenvalue weighted by molar-refractivity contribution is -0.155. The number of thioether (sulfide) groups is 1. The van der Waals surface area contributed by atoms with Crippen molar-refractivity contribution in [3.8, 4) is 0 Å². The van der Waals surface area contributed by atoms with E-state index < -0.39 is 28.7 Å². The lowest BCUT2D eigenvalue weighted by Crippen LogP contribution is -2.59. The summed E-state index contributed by atoms with van der Waals surface area (Å²) >= 11 is 1.62. The monoisotopic (exact) mass is 554 g/mol. The molecular weight excluding hydrogens is 512 g/mol. The van der Waals surface area contributed by atoms with Crippen LogP contribution in [0.15, 0.2) is 55.6 Å². The van der Waals surface area contributed by atoms with Crippen molar-refractivity contribution in [2.75, 3.05) is 19.8 Å². The normalized spacial score (nSPS) is 30.5. The molecule has 39 heavy (non-hydrogen) atoms. The molecule has 3 saturated heterocycles. The Kier molecular flexibility index (Phi) is 9.27. The van der Waals surface area contributed by atoms with E-state index >= 15 is 0 Å². The lowest BCUT2D eigenvalue weighted by atomic mass is 9.66. The van der Waals surface area contributed by atoms with Crippen molar-refractivity contribution in [2.24, 2.45) is 17.8 Å². The van der Waals surface area contributed by atoms with Crippen LogP contribution in [0.25, 0.3) is 0 Å². The molecule has 212 valence electrons. The van der Waals surface area contributed by atoms with Crippen molar-refractivity contribution in [1.82, 2.24) is 9.80 Å². The Balaban J connectivity index is 1.83. The molecule has 4 rings (SSSR count). The van der Waals surface area contributed by atoms with Gasteiger partial charge in [0.15, 0.2) is 0 Å². The van der Waals surface area contributed by atoms with Gasteiger partial charge in [-0.05, 0) is 37.7 Å². The molecule has 8 heteroatoms. The number of nitrogens with zero attached hydrogens (tertiary/aromatic N) is 2. The van der Waals surface area contributed by atoms with Crippen LogP contribution in [0.2, 0.25) is 0 Å². The first-order valence-electron chi connectivity index (χ1n) is 14.1. The van der Waals surface area contributed by atoms with Gasteiger partial charge in [-0.15, -0.1) is 24.9 Å². The first-order valence-corrected chi connectivity index (χ1v) is 15.0. The molecule has 3 aliphatic rings. The second kappa shape index (κ2) is 12.3. The van der Waals surface area contributed by atoms with Gasteiger partial charge in [-0.25, -0.2) is 0 Å². The number of benzene rings is 1. The minimum atomic E-state index is -0.817. The number of esters is 1. The minimum Gasteiger partial charge on any atom is -0.465 e. The molecule has 1 aromatic rings. The van der Waals surface area contributed by atoms with E-state index in [4.69, 9.17) is 4.74 Å². The average molecular weight is 555 g/mol. The van der Waals surface area contributed by atoms with E-state index in [1.165, 1.54) is 0 Å². The average Bonchev–Trinajstić information content (AvgIpc) is 3.52. The van der Waals surface area contributed by atoms with E-state index in [-0.39, 0.29) is 48.2 Å². The van der Waals surface area contributed by atoms with Crippen molar-refractivity contribution < 1.29 is 24.2 Å². The summed E-state index contributed by atoms with van der Waals surface area (Å²) in [6.07, 6.45) is 6.43. The van der Waals surface area contributed by atoms with Gasteiger partial charge in [0.25, 0.3) is 0 Å². The number of likely N-dealkylation sites (tertiary alicyclic amines) is 1. The molecule has 3 aliphatic heterocycles. The van der Waals surface area contributed by atoms with Crippen LogP contribution in [0.1, 0.15) is 58.1 Å². The molecular formula is C31H42N2O5S. The van der Waals surface area contributed by atoms with Gasteiger partial charge in [-0.3, -0.25) is 14.4 Å². The SMILES string of the molecule is C=CCCOC(=O)[C@@H]1[C@@H]2CC(C)C3(S2)C(C(=O)N(CC=C)C(C)CCC)N([C@H](CO)c2ccccc2)C(=O)[C@H]13. The molecule has 0 radical (unpaired) electrons. The number of hydrogen-bond donors (Lipinski definition) is 1. The second-order valence-electron chi connectivity index (χ2n) is 11.1. The number of fused-ring (bicyclic) bond motifs is 1. The van der Waals surface area contributed by atoms with Crippen molar-refractivity contribution >= 4 is 29.5 Å². The molecule has 8 atom stereocenters. The zero-order valence-electron chi connectivity index (χ0n) is 23.3. The highest BCUT2D eigenvalue weighted by atomic mass is 32.2. The molecule has 0 aromatic heterocycles. The van der Waals surface area contributed by atoms with Crippen LogP contribution in [0, 0.1) is 17.8 Å². The standard InChI is InChI=1S/C31H42N2O5S/c1-6-9-17-38-30(37)25-24-18-20(4)31(39-24)26(25)28(35)33(23(19-34)22-14-11-10-12-15-22)27(31)29(36)32(16-8-3)21(5)13-7-2/h6,8,10-12,14-15,20-21,23-27,34H,1,3,7,9,13,16-19H2,2,4-5H3/t20?,21?,23-,24+,25-,26+,27?,31?/m1/s1. The first kappa shape index (κ1) is 29.4. The van der Waals surface area contributed by atoms with Gasteiger partial charge in [0, 0.05) is 17.8 Å². The van der Waals surface area contributed by atoms with E-state index in [0.717, 1.165) is 24.8 Å². The Morgan fingerprint density at radius 3 is 2.62 bits per heavy atom.